The lowest BCUT2D eigenvalue weighted by molar-refractivity contribution is 0.377. The Morgan fingerprint density at radius 1 is 1.20 bits per heavy atom. The van der Waals surface area contributed by atoms with Gasteiger partial charge in [-0.05, 0) is 30.7 Å². The Balaban J connectivity index is 2.13. The highest BCUT2D eigenvalue weighted by Gasteiger charge is 2.37. The second kappa shape index (κ2) is 7.04. The van der Waals surface area contributed by atoms with Crippen molar-refractivity contribution < 1.29 is 23.7 Å². The van der Waals surface area contributed by atoms with Crippen molar-refractivity contribution in [2.24, 2.45) is 5.73 Å². The Morgan fingerprint density at radius 3 is 2.63 bits per heavy atom. The first-order valence-electron chi connectivity index (χ1n) is 8.99. The fourth-order valence-electron chi connectivity index (χ4n) is 3.81. The second-order valence-electron chi connectivity index (χ2n) is 6.79. The van der Waals surface area contributed by atoms with Crippen molar-refractivity contribution in [2.75, 3.05) is 14.2 Å². The van der Waals surface area contributed by atoms with E-state index >= 15 is 0 Å². The number of allylic oxidation sites excluding steroid dienone is 1. The van der Waals surface area contributed by atoms with Gasteiger partial charge >= 0.3 is 5.63 Å². The van der Waals surface area contributed by atoms with Crippen LogP contribution in [0.15, 0.2) is 51.0 Å². The van der Waals surface area contributed by atoms with Gasteiger partial charge in [-0.15, -0.1) is 0 Å². The molecule has 30 heavy (non-hydrogen) atoms. The fourth-order valence-corrected chi connectivity index (χ4v) is 3.81. The molecule has 4 rings (SSSR count). The number of nitriles is 1. The third-order valence-electron chi connectivity index (χ3n) is 5.12. The highest BCUT2D eigenvalue weighted by atomic mass is 16.5. The molecule has 2 heterocycles. The first kappa shape index (κ1) is 19.2. The zero-order chi connectivity index (χ0) is 21.6. The molecule has 0 aliphatic carbocycles. The minimum absolute atomic E-state index is 0.110. The summed E-state index contributed by atoms with van der Waals surface area (Å²) in [4.78, 5) is 11.8. The van der Waals surface area contributed by atoms with Crippen molar-refractivity contribution in [3.63, 3.8) is 0 Å². The highest BCUT2D eigenvalue weighted by Crippen LogP contribution is 2.52. The SMILES string of the molecule is COc1ccc(OC)c(C2C(C#N)=C(N)Oc3c2c(O)cc2oc(=O)cc(C)c32)c1. The van der Waals surface area contributed by atoms with E-state index in [0.717, 1.165) is 0 Å². The summed E-state index contributed by atoms with van der Waals surface area (Å²) in [6.45, 7) is 1.72. The smallest absolute Gasteiger partial charge is 0.336 e. The van der Waals surface area contributed by atoms with Crippen LogP contribution in [0.5, 0.6) is 23.0 Å². The number of ether oxygens (including phenoxy) is 3. The normalized spacial score (nSPS) is 15.3. The molecule has 2 aromatic carbocycles. The third-order valence-corrected chi connectivity index (χ3v) is 5.12. The van der Waals surface area contributed by atoms with Crippen LogP contribution in [-0.4, -0.2) is 19.3 Å². The average molecular weight is 406 g/mol. The van der Waals surface area contributed by atoms with Crippen molar-refractivity contribution >= 4 is 11.0 Å². The van der Waals surface area contributed by atoms with Crippen LogP contribution in [0.2, 0.25) is 0 Å². The van der Waals surface area contributed by atoms with E-state index in [1.807, 2.05) is 0 Å². The van der Waals surface area contributed by atoms with E-state index in [2.05, 4.69) is 6.07 Å². The van der Waals surface area contributed by atoms with Gasteiger partial charge in [0, 0.05) is 17.7 Å². The van der Waals surface area contributed by atoms with Gasteiger partial charge in [0.15, 0.2) is 0 Å². The summed E-state index contributed by atoms with van der Waals surface area (Å²) in [6.07, 6.45) is 0. The summed E-state index contributed by atoms with van der Waals surface area (Å²) in [7, 11) is 3.03. The molecule has 152 valence electrons. The molecule has 0 saturated carbocycles. The van der Waals surface area contributed by atoms with Crippen molar-refractivity contribution in [2.45, 2.75) is 12.8 Å². The van der Waals surface area contributed by atoms with Crippen molar-refractivity contribution in [1.29, 1.82) is 5.26 Å². The Morgan fingerprint density at radius 2 is 1.97 bits per heavy atom. The van der Waals surface area contributed by atoms with Gasteiger partial charge in [-0.3, -0.25) is 0 Å². The molecule has 0 saturated heterocycles. The second-order valence-corrected chi connectivity index (χ2v) is 6.79. The molecule has 0 bridgehead atoms. The lowest BCUT2D eigenvalue weighted by atomic mass is 9.81. The Labute approximate surface area is 171 Å². The molecule has 1 aromatic heterocycles. The number of rotatable bonds is 3. The number of nitrogens with zero attached hydrogens (tertiary/aromatic N) is 1. The van der Waals surface area contributed by atoms with Gasteiger partial charge < -0.3 is 29.5 Å². The van der Waals surface area contributed by atoms with Crippen LogP contribution < -0.4 is 25.6 Å². The zero-order valence-electron chi connectivity index (χ0n) is 16.5. The quantitative estimate of drug-likeness (QED) is 0.635. The number of phenols is 1. The van der Waals surface area contributed by atoms with E-state index in [-0.39, 0.29) is 28.5 Å². The summed E-state index contributed by atoms with van der Waals surface area (Å²) in [6, 6.07) is 9.88. The molecular formula is C22H18N2O6. The number of phenolic OH excluding ortho intramolecular Hbond substituents is 1. The molecule has 8 heteroatoms. The molecule has 1 aliphatic heterocycles. The fraction of sp³-hybridized carbons (Fsp3) is 0.182. The molecule has 1 aliphatic rings. The van der Waals surface area contributed by atoms with Crippen molar-refractivity contribution in [3.8, 4) is 29.1 Å². The number of aromatic hydroxyl groups is 1. The third kappa shape index (κ3) is 2.79. The number of hydrogen-bond acceptors (Lipinski definition) is 8. The molecule has 3 N–H and O–H groups in total. The Hall–Kier alpha value is -4.12. The maximum absolute atomic E-state index is 11.8. The Kier molecular flexibility index (Phi) is 4.51. The lowest BCUT2D eigenvalue weighted by Crippen LogP contribution is -2.22. The van der Waals surface area contributed by atoms with Gasteiger partial charge in [-0.25, -0.2) is 4.79 Å². The van der Waals surface area contributed by atoms with E-state index in [9.17, 15) is 15.2 Å². The van der Waals surface area contributed by atoms with E-state index in [0.29, 0.717) is 33.6 Å². The van der Waals surface area contributed by atoms with Gasteiger partial charge in [-0.1, -0.05) is 0 Å². The summed E-state index contributed by atoms with van der Waals surface area (Å²) >= 11 is 0. The molecule has 0 spiro atoms. The zero-order valence-corrected chi connectivity index (χ0v) is 16.5. The van der Waals surface area contributed by atoms with Gasteiger partial charge in [0.25, 0.3) is 0 Å². The lowest BCUT2D eigenvalue weighted by Gasteiger charge is -2.29. The van der Waals surface area contributed by atoms with Crippen LogP contribution in [0.25, 0.3) is 11.0 Å². The number of fused-ring (bicyclic) bond motifs is 3. The van der Waals surface area contributed by atoms with Gasteiger partial charge in [0.1, 0.15) is 40.2 Å². The molecule has 0 fully saturated rings. The predicted molar refractivity (Wildman–Crippen MR) is 108 cm³/mol. The van der Waals surface area contributed by atoms with Crippen LogP contribution in [0.3, 0.4) is 0 Å². The van der Waals surface area contributed by atoms with Gasteiger partial charge in [-0.2, -0.15) is 5.26 Å². The first-order chi connectivity index (χ1) is 14.4. The number of aryl methyl sites for hydroxylation is 1. The van der Waals surface area contributed by atoms with Crippen LogP contribution in [0.4, 0.5) is 0 Å². The van der Waals surface area contributed by atoms with Crippen LogP contribution in [0.1, 0.15) is 22.6 Å². The average Bonchev–Trinajstić information content (AvgIpc) is 2.71. The predicted octanol–water partition coefficient (Wildman–Crippen LogP) is 3.04. The van der Waals surface area contributed by atoms with Crippen LogP contribution >= 0.6 is 0 Å². The maximum Gasteiger partial charge on any atom is 0.336 e. The number of hydrogen-bond donors (Lipinski definition) is 2. The standard InChI is InChI=1S/C22H18N2O6/c1-10-6-17(26)29-16-8-14(25)20-19(12-7-11(27-2)4-5-15(12)28-3)13(9-23)22(24)30-21(20)18(10)16/h4-8,19,25H,24H2,1-3H3. The van der Waals surface area contributed by atoms with Gasteiger partial charge in [0.2, 0.25) is 5.88 Å². The monoisotopic (exact) mass is 406 g/mol. The molecule has 0 radical (unpaired) electrons. The largest absolute Gasteiger partial charge is 0.507 e. The molecule has 1 unspecified atom stereocenters. The number of nitrogens with two attached hydrogens (primary N) is 1. The summed E-state index contributed by atoms with van der Waals surface area (Å²) < 4.78 is 21.8. The van der Waals surface area contributed by atoms with E-state index in [4.69, 9.17) is 24.4 Å². The molecule has 0 amide bonds. The van der Waals surface area contributed by atoms with E-state index in [1.165, 1.54) is 26.4 Å². The molecule has 3 aromatic rings. The van der Waals surface area contributed by atoms with Crippen molar-refractivity contribution in [3.05, 3.63) is 68.9 Å². The van der Waals surface area contributed by atoms with Crippen LogP contribution in [0, 0.1) is 18.3 Å². The summed E-state index contributed by atoms with van der Waals surface area (Å²) in [5.41, 5.74) is 7.28. The molecule has 8 nitrogen and oxygen atoms in total. The summed E-state index contributed by atoms with van der Waals surface area (Å²) in [5, 5.41) is 21.2. The summed E-state index contributed by atoms with van der Waals surface area (Å²) in [5.74, 6) is 0.123. The van der Waals surface area contributed by atoms with Crippen molar-refractivity contribution in [1.82, 2.24) is 0 Å². The minimum Gasteiger partial charge on any atom is -0.507 e. The van der Waals surface area contributed by atoms with E-state index in [1.54, 1.807) is 25.1 Å². The van der Waals surface area contributed by atoms with Crippen LogP contribution in [-0.2, 0) is 0 Å². The molecule has 1 atom stereocenters. The number of benzene rings is 2. The molecular weight excluding hydrogens is 388 g/mol. The topological polar surface area (TPSA) is 128 Å². The first-order valence-corrected chi connectivity index (χ1v) is 8.99. The highest BCUT2D eigenvalue weighted by molar-refractivity contribution is 5.91. The Bertz CT molecular complexity index is 1320. The van der Waals surface area contributed by atoms with E-state index < -0.39 is 11.5 Å². The number of methoxy groups -OCH3 is 2. The van der Waals surface area contributed by atoms with Gasteiger partial charge in [0.05, 0.1) is 31.1 Å². The maximum atomic E-state index is 11.8. The minimum atomic E-state index is -0.792.